The third-order valence-corrected chi connectivity index (χ3v) is 5.45. The first kappa shape index (κ1) is 26.5. The molecule has 33 heavy (non-hydrogen) atoms. The lowest BCUT2D eigenvalue weighted by Gasteiger charge is -2.20. The predicted octanol–water partition coefficient (Wildman–Crippen LogP) is 4.40. The lowest BCUT2D eigenvalue weighted by atomic mass is 10.0. The maximum atomic E-state index is 12.3. The van der Waals surface area contributed by atoms with Crippen LogP contribution in [0.15, 0.2) is 41.4 Å². The smallest absolute Gasteiger partial charge is 0.290 e. The minimum Gasteiger partial charge on any atom is -0.430 e. The van der Waals surface area contributed by atoms with Crippen LogP contribution < -0.4 is 15.8 Å². The van der Waals surface area contributed by atoms with Crippen LogP contribution in [0, 0.1) is 13.8 Å². The van der Waals surface area contributed by atoms with Gasteiger partial charge >= 0.3 is 0 Å². The molecule has 2 aromatic rings. The Hall–Kier alpha value is -2.77. The Morgan fingerprint density at radius 1 is 1.12 bits per heavy atom. The van der Waals surface area contributed by atoms with Crippen molar-refractivity contribution in [2.24, 2.45) is 10.7 Å². The van der Waals surface area contributed by atoms with Crippen LogP contribution in [-0.2, 0) is 6.42 Å². The fraction of sp³-hybridized carbons (Fsp3) is 0.423. The van der Waals surface area contributed by atoms with E-state index in [0.29, 0.717) is 16.9 Å². The molecule has 0 aliphatic carbocycles. The first-order valence-electron chi connectivity index (χ1n) is 11.2. The quantitative estimate of drug-likeness (QED) is 0.358. The van der Waals surface area contributed by atoms with Crippen molar-refractivity contribution in [1.82, 2.24) is 10.2 Å². The van der Waals surface area contributed by atoms with Crippen molar-refractivity contribution in [3.63, 3.8) is 0 Å². The molecular formula is C26H36N4O2S. The largest absolute Gasteiger partial charge is 0.430 e. The molecule has 0 spiro atoms. The summed E-state index contributed by atoms with van der Waals surface area (Å²) < 4.78 is 5.83. The molecule has 0 aromatic heterocycles. The number of amidine groups is 1. The van der Waals surface area contributed by atoms with E-state index < -0.39 is 0 Å². The van der Waals surface area contributed by atoms with Crippen molar-refractivity contribution in [2.45, 2.75) is 53.5 Å². The van der Waals surface area contributed by atoms with Gasteiger partial charge < -0.3 is 20.7 Å². The fourth-order valence-corrected chi connectivity index (χ4v) is 3.37. The van der Waals surface area contributed by atoms with Gasteiger partial charge in [0.15, 0.2) is 0 Å². The third kappa shape index (κ3) is 8.26. The minimum absolute atomic E-state index is 0.0445. The van der Waals surface area contributed by atoms with Crippen LogP contribution in [0.4, 0.5) is 0 Å². The molecule has 0 heterocycles. The van der Waals surface area contributed by atoms with E-state index in [2.05, 4.69) is 42.2 Å². The molecule has 0 bridgehead atoms. The highest BCUT2D eigenvalue weighted by atomic mass is 32.1. The third-order valence-electron chi connectivity index (χ3n) is 5.28. The van der Waals surface area contributed by atoms with Gasteiger partial charge in [0, 0.05) is 23.2 Å². The number of benzene rings is 2. The highest BCUT2D eigenvalue weighted by Gasteiger charge is 2.15. The van der Waals surface area contributed by atoms with E-state index in [1.165, 1.54) is 5.56 Å². The number of hydrogen-bond acceptors (Lipinski definition) is 4. The van der Waals surface area contributed by atoms with Crippen molar-refractivity contribution in [1.29, 1.82) is 0 Å². The van der Waals surface area contributed by atoms with Crippen molar-refractivity contribution >= 4 is 29.1 Å². The monoisotopic (exact) mass is 468 g/mol. The molecule has 0 fully saturated rings. The summed E-state index contributed by atoms with van der Waals surface area (Å²) in [6.07, 6.45) is 0.983. The molecule has 0 aliphatic rings. The lowest BCUT2D eigenvalue weighted by molar-refractivity contribution is 0.0919. The standard InChI is InChI=1S/C26H36N4O2S/c1-8-30(7)14-13-21-15-18(3)22(16-17(21)2)32-25(33)28-23(27)19-9-11-20(12-10-19)24(31)29-26(4,5)6/h9-12,15-16H,8,13-14H2,1-7H3,(H,29,31)(H2,27,28,33). The molecule has 0 atom stereocenters. The first-order chi connectivity index (χ1) is 15.4. The second-order valence-electron chi connectivity index (χ2n) is 9.34. The number of nitrogens with zero attached hydrogens (tertiary/aromatic N) is 2. The zero-order valence-corrected chi connectivity index (χ0v) is 21.6. The van der Waals surface area contributed by atoms with Gasteiger partial charge in [0.2, 0.25) is 0 Å². The molecule has 0 radical (unpaired) electrons. The van der Waals surface area contributed by atoms with Gasteiger partial charge in [0.1, 0.15) is 11.6 Å². The Morgan fingerprint density at radius 2 is 1.73 bits per heavy atom. The van der Waals surface area contributed by atoms with Gasteiger partial charge in [-0.25, -0.2) is 0 Å². The number of ether oxygens (including phenoxy) is 1. The molecule has 0 saturated heterocycles. The van der Waals surface area contributed by atoms with Gasteiger partial charge in [0.05, 0.1) is 0 Å². The van der Waals surface area contributed by atoms with Crippen LogP contribution >= 0.6 is 12.2 Å². The molecule has 2 rings (SSSR count). The van der Waals surface area contributed by atoms with Crippen molar-refractivity contribution < 1.29 is 9.53 Å². The van der Waals surface area contributed by atoms with E-state index in [0.717, 1.165) is 30.6 Å². The van der Waals surface area contributed by atoms with Gasteiger partial charge in [-0.3, -0.25) is 4.79 Å². The number of hydrogen-bond donors (Lipinski definition) is 2. The molecule has 3 N–H and O–H groups in total. The molecule has 2 aromatic carbocycles. The maximum Gasteiger partial charge on any atom is 0.290 e. The molecule has 6 nitrogen and oxygen atoms in total. The summed E-state index contributed by atoms with van der Waals surface area (Å²) in [5, 5.41) is 2.97. The molecule has 0 saturated carbocycles. The Labute approximate surface area is 203 Å². The topological polar surface area (TPSA) is 79.9 Å². The minimum atomic E-state index is -0.305. The molecule has 178 valence electrons. The van der Waals surface area contributed by atoms with Crippen molar-refractivity contribution in [3.8, 4) is 5.75 Å². The number of aliphatic imine (C=N–C) groups is 1. The highest BCUT2D eigenvalue weighted by Crippen LogP contribution is 2.24. The van der Waals surface area contributed by atoms with Crippen molar-refractivity contribution in [3.05, 3.63) is 64.2 Å². The van der Waals surface area contributed by atoms with Crippen LogP contribution in [0.1, 0.15) is 60.3 Å². The van der Waals surface area contributed by atoms with E-state index in [9.17, 15) is 4.79 Å². The average molecular weight is 469 g/mol. The van der Waals surface area contributed by atoms with Crippen LogP contribution in [0.2, 0.25) is 0 Å². The highest BCUT2D eigenvalue weighted by molar-refractivity contribution is 7.80. The first-order valence-corrected chi connectivity index (χ1v) is 11.6. The zero-order valence-electron chi connectivity index (χ0n) is 20.8. The fourth-order valence-electron chi connectivity index (χ4n) is 3.18. The molecule has 0 unspecified atom stereocenters. The summed E-state index contributed by atoms with van der Waals surface area (Å²) in [6.45, 7) is 14.1. The number of amides is 1. The van der Waals surface area contributed by atoms with E-state index in [-0.39, 0.29) is 22.5 Å². The number of likely N-dealkylation sites (N-methyl/N-ethyl adjacent to an activating group) is 1. The Bertz CT molecular complexity index is 1020. The number of thiocarbonyl (C=S) groups is 1. The Kier molecular flexibility index (Phi) is 9.14. The summed E-state index contributed by atoms with van der Waals surface area (Å²) in [5.74, 6) is 0.770. The number of nitrogens with one attached hydrogen (secondary N) is 1. The lowest BCUT2D eigenvalue weighted by Crippen LogP contribution is -2.40. The van der Waals surface area contributed by atoms with E-state index in [4.69, 9.17) is 22.7 Å². The second-order valence-corrected chi connectivity index (χ2v) is 9.69. The average Bonchev–Trinajstić information content (AvgIpc) is 2.73. The van der Waals surface area contributed by atoms with Gasteiger partial charge in [0.25, 0.3) is 11.1 Å². The molecule has 0 aliphatic heterocycles. The van der Waals surface area contributed by atoms with Crippen molar-refractivity contribution in [2.75, 3.05) is 20.1 Å². The summed E-state index contributed by atoms with van der Waals surface area (Å²) >= 11 is 5.32. The van der Waals surface area contributed by atoms with Crippen LogP contribution in [0.5, 0.6) is 5.75 Å². The summed E-state index contributed by atoms with van der Waals surface area (Å²) in [4.78, 5) is 18.8. The zero-order chi connectivity index (χ0) is 24.8. The van der Waals surface area contributed by atoms with E-state index in [1.54, 1.807) is 24.3 Å². The summed E-state index contributed by atoms with van der Waals surface area (Å²) in [7, 11) is 2.12. The van der Waals surface area contributed by atoms with Gasteiger partial charge in [-0.05, 0) is 102 Å². The van der Waals surface area contributed by atoms with Crippen LogP contribution in [0.25, 0.3) is 0 Å². The molecular weight excluding hydrogens is 432 g/mol. The maximum absolute atomic E-state index is 12.3. The summed E-state index contributed by atoms with van der Waals surface area (Å²) in [5.41, 5.74) is 10.5. The van der Waals surface area contributed by atoms with E-state index >= 15 is 0 Å². The van der Waals surface area contributed by atoms with E-state index in [1.807, 2.05) is 33.8 Å². The van der Waals surface area contributed by atoms with Crippen LogP contribution in [0.3, 0.4) is 0 Å². The van der Waals surface area contributed by atoms with Gasteiger partial charge in [-0.2, -0.15) is 4.99 Å². The van der Waals surface area contributed by atoms with Gasteiger partial charge in [-0.15, -0.1) is 0 Å². The number of aryl methyl sites for hydroxylation is 2. The Balaban J connectivity index is 2.07. The van der Waals surface area contributed by atoms with Crippen LogP contribution in [-0.4, -0.2) is 47.5 Å². The van der Waals surface area contributed by atoms with Gasteiger partial charge in [-0.1, -0.05) is 25.1 Å². The normalized spacial score (nSPS) is 12.1. The number of rotatable bonds is 7. The number of carbonyl (C=O) groups excluding carboxylic acids is 1. The second kappa shape index (κ2) is 11.4. The summed E-state index contributed by atoms with van der Waals surface area (Å²) in [6, 6.07) is 11.1. The Morgan fingerprint density at radius 3 is 2.30 bits per heavy atom. The number of carbonyl (C=O) groups is 1. The molecule has 1 amide bonds. The molecule has 7 heteroatoms. The number of nitrogens with two attached hydrogens (primary N) is 1. The predicted molar refractivity (Wildman–Crippen MR) is 140 cm³/mol. The SMILES string of the molecule is CCN(C)CCc1cc(C)c(OC(=S)/N=C(\N)c2ccc(C(=O)NC(C)(C)C)cc2)cc1C.